The molecule has 0 radical (unpaired) electrons. The number of sulfone groups is 1. The van der Waals surface area contributed by atoms with E-state index >= 15 is 0 Å². The normalized spacial score (nSPS) is 12.2. The van der Waals surface area contributed by atoms with E-state index in [0.717, 1.165) is 0 Å². The number of nitrogens with one attached hydrogen (secondary N) is 1. The van der Waals surface area contributed by atoms with Crippen LogP contribution in [0.3, 0.4) is 0 Å². The molecule has 0 aliphatic carbocycles. The van der Waals surface area contributed by atoms with Crippen molar-refractivity contribution in [3.63, 3.8) is 0 Å². The van der Waals surface area contributed by atoms with Crippen molar-refractivity contribution in [1.29, 1.82) is 0 Å². The number of carbonyl (C=O) groups excluding carboxylic acids is 1. The number of anilines is 1. The lowest BCUT2D eigenvalue weighted by molar-refractivity contribution is -0.114. The molecule has 0 saturated carbocycles. The Labute approximate surface area is 102 Å². The molecule has 0 atom stereocenters. The summed E-state index contributed by atoms with van der Waals surface area (Å²) in [5.74, 6) is -0.290. The predicted molar refractivity (Wildman–Crippen MR) is 67.7 cm³/mol. The fourth-order valence-corrected chi connectivity index (χ4v) is 2.65. The maximum atomic E-state index is 12.3. The molecule has 0 saturated heterocycles. The lowest BCUT2D eigenvalue weighted by Crippen LogP contribution is -2.28. The number of amides is 1. The molecule has 0 spiro atoms. The van der Waals surface area contributed by atoms with Gasteiger partial charge in [0.1, 0.15) is 0 Å². The van der Waals surface area contributed by atoms with Crippen molar-refractivity contribution >= 4 is 21.4 Å². The van der Waals surface area contributed by atoms with Gasteiger partial charge in [0.25, 0.3) is 0 Å². The number of para-hydroxylation sites is 1. The molecular formula is C12H17NO3S. The van der Waals surface area contributed by atoms with Crippen LogP contribution in [0.1, 0.15) is 27.7 Å². The Morgan fingerprint density at radius 2 is 1.71 bits per heavy atom. The van der Waals surface area contributed by atoms with Crippen LogP contribution < -0.4 is 5.32 Å². The van der Waals surface area contributed by atoms with Gasteiger partial charge >= 0.3 is 0 Å². The third kappa shape index (κ3) is 2.85. The number of rotatable bonds is 2. The lowest BCUT2D eigenvalue weighted by atomic mass is 10.3. The summed E-state index contributed by atoms with van der Waals surface area (Å²) in [5.41, 5.74) is 0.329. The van der Waals surface area contributed by atoms with Gasteiger partial charge in [-0.15, -0.1) is 0 Å². The fourth-order valence-electron chi connectivity index (χ4n) is 1.32. The molecule has 1 rings (SSSR count). The molecule has 0 aromatic heterocycles. The van der Waals surface area contributed by atoms with Crippen LogP contribution in [0.15, 0.2) is 29.2 Å². The second-order valence-electron chi connectivity index (χ2n) is 4.79. The summed E-state index contributed by atoms with van der Waals surface area (Å²) < 4.78 is 23.7. The van der Waals surface area contributed by atoms with Crippen molar-refractivity contribution in [2.45, 2.75) is 37.3 Å². The third-order valence-corrected chi connectivity index (χ3v) is 4.84. The Bertz CT molecular complexity index is 527. The molecule has 5 heteroatoms. The second kappa shape index (κ2) is 4.49. The Morgan fingerprint density at radius 3 is 2.18 bits per heavy atom. The van der Waals surface area contributed by atoms with Crippen LogP contribution in [-0.4, -0.2) is 19.1 Å². The maximum Gasteiger partial charge on any atom is 0.221 e. The van der Waals surface area contributed by atoms with Gasteiger partial charge in [-0.25, -0.2) is 8.42 Å². The summed E-state index contributed by atoms with van der Waals surface area (Å²) in [6, 6.07) is 6.42. The average Bonchev–Trinajstić information content (AvgIpc) is 2.15. The minimum atomic E-state index is -3.47. The fraction of sp³-hybridized carbons (Fsp3) is 0.417. The second-order valence-corrected chi connectivity index (χ2v) is 7.46. The van der Waals surface area contributed by atoms with Crippen molar-refractivity contribution in [2.24, 2.45) is 0 Å². The molecule has 1 N–H and O–H groups in total. The number of hydrogen-bond acceptors (Lipinski definition) is 3. The smallest absolute Gasteiger partial charge is 0.221 e. The molecule has 94 valence electrons. The van der Waals surface area contributed by atoms with E-state index in [9.17, 15) is 13.2 Å². The topological polar surface area (TPSA) is 63.2 Å². The first-order valence-electron chi connectivity index (χ1n) is 5.27. The van der Waals surface area contributed by atoms with Crippen molar-refractivity contribution in [2.75, 3.05) is 5.32 Å². The van der Waals surface area contributed by atoms with Crippen molar-refractivity contribution in [3.8, 4) is 0 Å². The first-order chi connectivity index (χ1) is 7.66. The molecule has 1 aromatic carbocycles. The molecule has 0 bridgehead atoms. The van der Waals surface area contributed by atoms with E-state index in [1.54, 1.807) is 39.0 Å². The van der Waals surface area contributed by atoms with Crippen molar-refractivity contribution < 1.29 is 13.2 Å². The minimum absolute atomic E-state index is 0.155. The Morgan fingerprint density at radius 1 is 1.18 bits per heavy atom. The Kier molecular flexibility index (Phi) is 3.62. The van der Waals surface area contributed by atoms with Gasteiger partial charge in [-0.05, 0) is 32.9 Å². The highest BCUT2D eigenvalue weighted by molar-refractivity contribution is 7.93. The molecule has 17 heavy (non-hydrogen) atoms. The maximum absolute atomic E-state index is 12.3. The standard InChI is InChI=1S/C12H17NO3S/c1-9(14)13-10-7-5-6-8-11(10)17(15,16)12(2,3)4/h5-8H,1-4H3,(H,13,14). The Balaban J connectivity index is 3.37. The molecule has 0 unspecified atom stereocenters. The SMILES string of the molecule is CC(=O)Nc1ccccc1S(=O)(=O)C(C)(C)C. The van der Waals surface area contributed by atoms with Gasteiger partial charge in [0.15, 0.2) is 9.84 Å². The van der Waals surface area contributed by atoms with Crippen LogP contribution in [0.2, 0.25) is 0 Å². The van der Waals surface area contributed by atoms with Crippen LogP contribution in [-0.2, 0) is 14.6 Å². The zero-order chi connectivity index (χ0) is 13.3. The van der Waals surface area contributed by atoms with E-state index in [0.29, 0.717) is 5.69 Å². The first kappa shape index (κ1) is 13.7. The summed E-state index contributed by atoms with van der Waals surface area (Å²) >= 11 is 0. The zero-order valence-electron chi connectivity index (χ0n) is 10.4. The average molecular weight is 255 g/mol. The van der Waals surface area contributed by atoms with Gasteiger partial charge in [0.2, 0.25) is 5.91 Å². The Hall–Kier alpha value is -1.36. The van der Waals surface area contributed by atoms with Crippen LogP contribution in [0.25, 0.3) is 0 Å². The van der Waals surface area contributed by atoms with Gasteiger partial charge in [-0.2, -0.15) is 0 Å². The van der Waals surface area contributed by atoms with Crippen molar-refractivity contribution in [1.82, 2.24) is 0 Å². The monoisotopic (exact) mass is 255 g/mol. The van der Waals surface area contributed by atoms with E-state index in [1.807, 2.05) is 0 Å². The van der Waals surface area contributed by atoms with Gasteiger partial charge in [0, 0.05) is 6.92 Å². The highest BCUT2D eigenvalue weighted by Crippen LogP contribution is 2.30. The predicted octanol–water partition coefficient (Wildman–Crippen LogP) is 2.22. The quantitative estimate of drug-likeness (QED) is 0.881. The molecule has 1 amide bonds. The number of benzene rings is 1. The molecule has 0 aliphatic heterocycles. The first-order valence-corrected chi connectivity index (χ1v) is 6.76. The van der Waals surface area contributed by atoms with Gasteiger partial charge in [-0.3, -0.25) is 4.79 Å². The van der Waals surface area contributed by atoms with Crippen LogP contribution in [0.5, 0.6) is 0 Å². The van der Waals surface area contributed by atoms with E-state index in [1.165, 1.54) is 13.0 Å². The van der Waals surface area contributed by atoms with Gasteiger partial charge in [0.05, 0.1) is 15.3 Å². The lowest BCUT2D eigenvalue weighted by Gasteiger charge is -2.21. The summed E-state index contributed by atoms with van der Waals surface area (Å²) in [7, 11) is -3.47. The highest BCUT2D eigenvalue weighted by Gasteiger charge is 2.32. The van der Waals surface area contributed by atoms with E-state index in [4.69, 9.17) is 0 Å². The molecule has 0 aliphatic rings. The van der Waals surface area contributed by atoms with E-state index in [2.05, 4.69) is 5.32 Å². The minimum Gasteiger partial charge on any atom is -0.325 e. The zero-order valence-corrected chi connectivity index (χ0v) is 11.3. The largest absolute Gasteiger partial charge is 0.325 e. The molecule has 1 aromatic rings. The summed E-state index contributed by atoms with van der Waals surface area (Å²) in [6.07, 6.45) is 0. The molecule has 0 fully saturated rings. The van der Waals surface area contributed by atoms with E-state index < -0.39 is 14.6 Å². The number of hydrogen-bond donors (Lipinski definition) is 1. The third-order valence-electron chi connectivity index (χ3n) is 2.29. The van der Waals surface area contributed by atoms with Crippen LogP contribution in [0.4, 0.5) is 5.69 Å². The van der Waals surface area contributed by atoms with Crippen LogP contribution in [0, 0.1) is 0 Å². The van der Waals surface area contributed by atoms with Gasteiger partial charge in [-0.1, -0.05) is 12.1 Å². The summed E-state index contributed by atoms with van der Waals surface area (Å²) in [4.78, 5) is 11.2. The number of carbonyl (C=O) groups is 1. The molecular weight excluding hydrogens is 238 g/mol. The summed E-state index contributed by atoms with van der Waals surface area (Å²) in [5, 5.41) is 2.53. The van der Waals surface area contributed by atoms with Crippen molar-refractivity contribution in [3.05, 3.63) is 24.3 Å². The molecule has 4 nitrogen and oxygen atoms in total. The van der Waals surface area contributed by atoms with Crippen LogP contribution >= 0.6 is 0 Å². The summed E-state index contributed by atoms with van der Waals surface area (Å²) in [6.45, 7) is 6.24. The highest BCUT2D eigenvalue weighted by atomic mass is 32.2. The molecule has 0 heterocycles. The van der Waals surface area contributed by atoms with Gasteiger partial charge < -0.3 is 5.32 Å². The van der Waals surface area contributed by atoms with E-state index in [-0.39, 0.29) is 10.8 Å².